The van der Waals surface area contributed by atoms with E-state index in [-0.39, 0.29) is 17.7 Å². The van der Waals surface area contributed by atoms with Crippen LogP contribution in [0.2, 0.25) is 0 Å². The summed E-state index contributed by atoms with van der Waals surface area (Å²) in [4.78, 5) is 23.5. The molecule has 2 rings (SSSR count). The van der Waals surface area contributed by atoms with Crippen molar-refractivity contribution in [1.29, 1.82) is 0 Å². The quantitative estimate of drug-likeness (QED) is 0.862. The summed E-state index contributed by atoms with van der Waals surface area (Å²) in [6.45, 7) is 1.97. The Balaban J connectivity index is 1.87. The lowest BCUT2D eigenvalue weighted by molar-refractivity contribution is -0.119. The van der Waals surface area contributed by atoms with Crippen LogP contribution in [0.1, 0.15) is 45.4 Å². The largest absolute Gasteiger partial charge is 0.326 e. The Morgan fingerprint density at radius 3 is 2.15 bits per heavy atom. The molecule has 2 amide bonds. The predicted octanol–water partition coefficient (Wildman–Crippen LogP) is 3.55. The molecule has 0 radical (unpaired) electrons. The number of carbonyl (C=O) groups is 2. The fourth-order valence-electron chi connectivity index (χ4n) is 2.52. The molecule has 0 bridgehead atoms. The standard InChI is InChI=1S/C16H22N2O2/c1-2-5-15(19)17-13-8-10-14(11-9-13)18-16(20)12-6-3-4-7-12/h8-12H,2-7H2,1H3,(H,17,19)(H,18,20). The van der Waals surface area contributed by atoms with E-state index in [1.54, 1.807) is 0 Å². The number of amides is 2. The number of hydrogen-bond acceptors (Lipinski definition) is 2. The number of anilines is 2. The first-order chi connectivity index (χ1) is 9.69. The van der Waals surface area contributed by atoms with Gasteiger partial charge in [0, 0.05) is 23.7 Å². The maximum absolute atomic E-state index is 12.0. The molecule has 1 saturated carbocycles. The van der Waals surface area contributed by atoms with Crippen molar-refractivity contribution >= 4 is 23.2 Å². The van der Waals surface area contributed by atoms with E-state index in [4.69, 9.17) is 0 Å². The molecule has 0 atom stereocenters. The van der Waals surface area contributed by atoms with Crippen LogP contribution in [-0.4, -0.2) is 11.8 Å². The fraction of sp³-hybridized carbons (Fsp3) is 0.500. The van der Waals surface area contributed by atoms with Gasteiger partial charge in [-0.25, -0.2) is 0 Å². The van der Waals surface area contributed by atoms with E-state index in [1.165, 1.54) is 0 Å². The van der Waals surface area contributed by atoms with E-state index >= 15 is 0 Å². The number of carbonyl (C=O) groups excluding carboxylic acids is 2. The van der Waals surface area contributed by atoms with Crippen LogP contribution in [0, 0.1) is 5.92 Å². The molecule has 1 aromatic carbocycles. The highest BCUT2D eigenvalue weighted by Crippen LogP contribution is 2.26. The number of rotatable bonds is 5. The highest BCUT2D eigenvalue weighted by molar-refractivity contribution is 5.94. The second-order valence-electron chi connectivity index (χ2n) is 5.35. The molecule has 0 spiro atoms. The van der Waals surface area contributed by atoms with Gasteiger partial charge in [-0.2, -0.15) is 0 Å². The first-order valence-electron chi connectivity index (χ1n) is 7.40. The molecule has 1 aliphatic rings. The van der Waals surface area contributed by atoms with Gasteiger partial charge < -0.3 is 10.6 Å². The SMILES string of the molecule is CCCC(=O)Nc1ccc(NC(=O)C2CCCC2)cc1. The number of hydrogen-bond donors (Lipinski definition) is 2. The third kappa shape index (κ3) is 4.08. The Morgan fingerprint density at radius 1 is 1.05 bits per heavy atom. The Kier molecular flexibility index (Phi) is 5.16. The van der Waals surface area contributed by atoms with E-state index in [0.717, 1.165) is 43.5 Å². The zero-order chi connectivity index (χ0) is 14.4. The maximum Gasteiger partial charge on any atom is 0.227 e. The molecule has 20 heavy (non-hydrogen) atoms. The van der Waals surface area contributed by atoms with Crippen LogP contribution in [0.25, 0.3) is 0 Å². The van der Waals surface area contributed by atoms with Crippen LogP contribution in [0.3, 0.4) is 0 Å². The molecule has 4 nitrogen and oxygen atoms in total. The topological polar surface area (TPSA) is 58.2 Å². The van der Waals surface area contributed by atoms with Crippen molar-refractivity contribution < 1.29 is 9.59 Å². The smallest absolute Gasteiger partial charge is 0.227 e. The van der Waals surface area contributed by atoms with Crippen molar-refractivity contribution in [2.75, 3.05) is 10.6 Å². The molecule has 0 heterocycles. The van der Waals surface area contributed by atoms with Crippen LogP contribution in [-0.2, 0) is 9.59 Å². The Labute approximate surface area is 119 Å². The molecule has 4 heteroatoms. The van der Waals surface area contributed by atoms with E-state index < -0.39 is 0 Å². The van der Waals surface area contributed by atoms with Gasteiger partial charge in [0.1, 0.15) is 0 Å². The molecule has 108 valence electrons. The zero-order valence-electron chi connectivity index (χ0n) is 11.9. The monoisotopic (exact) mass is 274 g/mol. The van der Waals surface area contributed by atoms with Gasteiger partial charge in [-0.3, -0.25) is 9.59 Å². The van der Waals surface area contributed by atoms with Gasteiger partial charge in [0.05, 0.1) is 0 Å². The van der Waals surface area contributed by atoms with Gasteiger partial charge in [0.15, 0.2) is 0 Å². The summed E-state index contributed by atoms with van der Waals surface area (Å²) in [7, 11) is 0. The van der Waals surface area contributed by atoms with Crippen LogP contribution in [0.4, 0.5) is 11.4 Å². The predicted molar refractivity (Wildman–Crippen MR) is 80.6 cm³/mol. The summed E-state index contributed by atoms with van der Waals surface area (Å²) in [5.74, 6) is 0.305. The third-order valence-corrected chi connectivity index (χ3v) is 3.64. The van der Waals surface area contributed by atoms with Crippen LogP contribution >= 0.6 is 0 Å². The molecule has 1 aromatic rings. The van der Waals surface area contributed by atoms with Gasteiger partial charge in [0.2, 0.25) is 11.8 Å². The van der Waals surface area contributed by atoms with Gasteiger partial charge in [-0.05, 0) is 43.5 Å². The molecular formula is C16H22N2O2. The van der Waals surface area contributed by atoms with E-state index in [2.05, 4.69) is 10.6 Å². The average molecular weight is 274 g/mol. The van der Waals surface area contributed by atoms with E-state index in [1.807, 2.05) is 31.2 Å². The van der Waals surface area contributed by atoms with Crippen LogP contribution < -0.4 is 10.6 Å². The minimum Gasteiger partial charge on any atom is -0.326 e. The molecule has 1 aliphatic carbocycles. The molecule has 0 saturated heterocycles. The summed E-state index contributed by atoms with van der Waals surface area (Å²) in [5, 5.41) is 5.76. The maximum atomic E-state index is 12.0. The molecular weight excluding hydrogens is 252 g/mol. The lowest BCUT2D eigenvalue weighted by atomic mass is 10.1. The summed E-state index contributed by atoms with van der Waals surface area (Å²) in [6, 6.07) is 7.29. The molecule has 0 aliphatic heterocycles. The van der Waals surface area contributed by atoms with Crippen molar-refractivity contribution in [3.63, 3.8) is 0 Å². The van der Waals surface area contributed by atoms with Crippen LogP contribution in [0.5, 0.6) is 0 Å². The molecule has 0 aromatic heterocycles. The molecule has 2 N–H and O–H groups in total. The minimum absolute atomic E-state index is 0.0234. The summed E-state index contributed by atoms with van der Waals surface area (Å²) in [5.41, 5.74) is 1.55. The fourth-order valence-corrected chi connectivity index (χ4v) is 2.52. The van der Waals surface area contributed by atoms with Crippen molar-refractivity contribution in [2.24, 2.45) is 5.92 Å². The van der Waals surface area contributed by atoms with Gasteiger partial charge in [-0.15, -0.1) is 0 Å². The normalized spacial score (nSPS) is 15.1. The lowest BCUT2D eigenvalue weighted by Gasteiger charge is -2.11. The molecule has 1 fully saturated rings. The van der Waals surface area contributed by atoms with E-state index in [9.17, 15) is 9.59 Å². The Hall–Kier alpha value is -1.84. The minimum atomic E-state index is 0.0234. The Bertz CT molecular complexity index is 462. The first-order valence-corrected chi connectivity index (χ1v) is 7.40. The first kappa shape index (κ1) is 14.6. The van der Waals surface area contributed by atoms with Crippen molar-refractivity contribution in [1.82, 2.24) is 0 Å². The highest BCUT2D eigenvalue weighted by Gasteiger charge is 2.22. The zero-order valence-corrected chi connectivity index (χ0v) is 11.9. The summed E-state index contributed by atoms with van der Waals surface area (Å²) < 4.78 is 0. The van der Waals surface area contributed by atoms with Gasteiger partial charge in [-0.1, -0.05) is 19.8 Å². The average Bonchev–Trinajstić information content (AvgIpc) is 2.95. The summed E-state index contributed by atoms with van der Waals surface area (Å²) in [6.07, 6.45) is 5.66. The van der Waals surface area contributed by atoms with Crippen LogP contribution in [0.15, 0.2) is 24.3 Å². The Morgan fingerprint density at radius 2 is 1.60 bits per heavy atom. The third-order valence-electron chi connectivity index (χ3n) is 3.64. The second-order valence-corrected chi connectivity index (χ2v) is 5.35. The van der Waals surface area contributed by atoms with E-state index in [0.29, 0.717) is 6.42 Å². The van der Waals surface area contributed by atoms with Gasteiger partial charge in [0.25, 0.3) is 0 Å². The highest BCUT2D eigenvalue weighted by atomic mass is 16.2. The second kappa shape index (κ2) is 7.08. The van der Waals surface area contributed by atoms with Crippen molar-refractivity contribution in [3.05, 3.63) is 24.3 Å². The lowest BCUT2D eigenvalue weighted by Crippen LogP contribution is -2.20. The van der Waals surface area contributed by atoms with Crippen molar-refractivity contribution in [3.8, 4) is 0 Å². The number of nitrogens with one attached hydrogen (secondary N) is 2. The van der Waals surface area contributed by atoms with Crippen molar-refractivity contribution in [2.45, 2.75) is 45.4 Å². The summed E-state index contributed by atoms with van der Waals surface area (Å²) >= 11 is 0. The van der Waals surface area contributed by atoms with Gasteiger partial charge >= 0.3 is 0 Å². The molecule has 0 unspecified atom stereocenters. The number of benzene rings is 1.